The molecular weight excluding hydrogens is 562 g/mol. The van der Waals surface area contributed by atoms with Gasteiger partial charge in [-0.25, -0.2) is 0 Å². The van der Waals surface area contributed by atoms with Crippen LogP contribution in [0.5, 0.6) is 17.2 Å². The molecule has 43 heavy (non-hydrogen) atoms. The number of methoxy groups -OCH3 is 2. The Kier molecular flexibility index (Phi) is 6.82. The molecule has 2 aromatic carbocycles. The smallest absolute Gasteiger partial charge is 0.202 e. The minimum atomic E-state index is -1.35. The number of ether oxygens (including phenoxy) is 6. The molecule has 0 amide bonds. The third-order valence-corrected chi connectivity index (χ3v) is 9.37. The number of aliphatic hydroxyl groups is 1. The Labute approximate surface area is 248 Å². The van der Waals surface area contributed by atoms with Crippen LogP contribution in [0.1, 0.15) is 75.8 Å². The number of phenols is 2. The lowest BCUT2D eigenvalue weighted by molar-refractivity contribution is -0.256. The third kappa shape index (κ3) is 4.31. The van der Waals surface area contributed by atoms with Gasteiger partial charge in [0.1, 0.15) is 23.4 Å². The Hall–Kier alpha value is -3.10. The number of hydrogen-bond acceptors (Lipinski definition) is 12. The summed E-state index contributed by atoms with van der Waals surface area (Å²) in [5, 5.41) is 34.4. The molecule has 0 bridgehead atoms. The number of rotatable bonds is 4. The van der Waals surface area contributed by atoms with E-state index in [-0.39, 0.29) is 76.4 Å². The summed E-state index contributed by atoms with van der Waals surface area (Å²) in [4.78, 5) is 29.6. The molecule has 5 aliphatic rings. The molecule has 3 N–H and O–H groups in total. The minimum absolute atomic E-state index is 0.0172. The van der Waals surface area contributed by atoms with Crippen molar-refractivity contribution in [3.05, 3.63) is 51.6 Å². The van der Waals surface area contributed by atoms with Crippen LogP contribution in [0.2, 0.25) is 0 Å². The first-order chi connectivity index (χ1) is 20.5. The average Bonchev–Trinajstić information content (AvgIpc) is 3.36. The number of carbonyl (C=O) groups excluding carboxylic acids is 2. The van der Waals surface area contributed by atoms with E-state index in [1.165, 1.54) is 13.2 Å². The highest BCUT2D eigenvalue weighted by Crippen LogP contribution is 2.52. The molecule has 0 aromatic heterocycles. The normalized spacial score (nSPS) is 35.0. The number of hydrogen-bond donors (Lipinski definition) is 3. The topological polar surface area (TPSA) is 153 Å². The van der Waals surface area contributed by atoms with Crippen LogP contribution < -0.4 is 4.74 Å². The first kappa shape index (κ1) is 28.7. The molecule has 7 rings (SSSR count). The lowest BCUT2D eigenvalue weighted by Crippen LogP contribution is -2.55. The Morgan fingerprint density at radius 1 is 1.05 bits per heavy atom. The van der Waals surface area contributed by atoms with Gasteiger partial charge in [0.25, 0.3) is 0 Å². The predicted molar refractivity (Wildman–Crippen MR) is 147 cm³/mol. The zero-order chi connectivity index (χ0) is 30.4. The molecule has 2 aromatic rings. The maximum Gasteiger partial charge on any atom is 0.202 e. The van der Waals surface area contributed by atoms with Gasteiger partial charge in [0.2, 0.25) is 5.78 Å². The van der Waals surface area contributed by atoms with Crippen molar-refractivity contribution in [3.8, 4) is 17.2 Å². The molecule has 3 fully saturated rings. The van der Waals surface area contributed by atoms with Crippen molar-refractivity contribution in [2.75, 3.05) is 27.4 Å². The van der Waals surface area contributed by atoms with Crippen LogP contribution in [-0.4, -0.2) is 102 Å². The van der Waals surface area contributed by atoms with Crippen molar-refractivity contribution in [1.29, 1.82) is 0 Å². The fraction of sp³-hybridized carbons (Fsp3) is 0.548. The number of benzene rings is 2. The van der Waals surface area contributed by atoms with E-state index in [1.54, 1.807) is 26.2 Å². The molecule has 12 nitrogen and oxygen atoms in total. The molecule has 0 spiro atoms. The number of fused-ring (bicyclic) bond motifs is 6. The standard InChI is InChI=1S/C31H35NO11/c1-13-28-16(32-8-9-40-30(39-4)29(32)43-28)10-19(41-13)42-18-12-31(2,37)11-15-21(18)27(36)23-22(25(15)34)24(33)14-6-5-7-17(38-3)20(14)26(23)35/h5-7,13,16,18-19,28-30,34,36-37H,8-12H2,1-4H3/t13-,16-,18-,19?,28+,29+,30-,31-/m0/s1. The summed E-state index contributed by atoms with van der Waals surface area (Å²) in [7, 11) is 2.96. The van der Waals surface area contributed by atoms with Crippen LogP contribution in [0.4, 0.5) is 0 Å². The zero-order valence-electron chi connectivity index (χ0n) is 24.4. The molecule has 8 atom stereocenters. The highest BCUT2D eigenvalue weighted by Gasteiger charge is 2.54. The van der Waals surface area contributed by atoms with Crippen molar-refractivity contribution in [2.45, 2.75) is 81.9 Å². The number of morpholine rings is 1. The number of carbonyl (C=O) groups is 2. The highest BCUT2D eigenvalue weighted by molar-refractivity contribution is 6.31. The zero-order valence-corrected chi connectivity index (χ0v) is 24.4. The van der Waals surface area contributed by atoms with Crippen LogP contribution >= 0.6 is 0 Å². The SMILES string of the molecule is COc1cccc2c1C(=O)c1c(O)c3c(c(O)c1C2=O)C[C@](C)(O)C[C@@H]3OC1C[C@H]2[C@H](O[C@@H]3[C@@H](OC)OCCN32)[C@H](C)O1. The molecule has 3 aliphatic heterocycles. The fourth-order valence-electron chi connectivity index (χ4n) is 7.51. The van der Waals surface area contributed by atoms with Gasteiger partial charge in [0.15, 0.2) is 24.6 Å². The second-order valence-corrected chi connectivity index (χ2v) is 12.2. The van der Waals surface area contributed by atoms with Crippen LogP contribution in [0.25, 0.3) is 0 Å². The summed E-state index contributed by atoms with van der Waals surface area (Å²) < 4.78 is 35.6. The Morgan fingerprint density at radius 2 is 1.81 bits per heavy atom. The predicted octanol–water partition coefficient (Wildman–Crippen LogP) is 2.17. The molecule has 0 radical (unpaired) electrons. The van der Waals surface area contributed by atoms with E-state index in [4.69, 9.17) is 28.4 Å². The number of aromatic hydroxyl groups is 2. The van der Waals surface area contributed by atoms with Crippen molar-refractivity contribution < 1.29 is 53.3 Å². The average molecular weight is 598 g/mol. The maximum absolute atomic E-state index is 13.8. The van der Waals surface area contributed by atoms with Crippen LogP contribution in [0, 0.1) is 0 Å². The first-order valence-corrected chi connectivity index (χ1v) is 14.5. The van der Waals surface area contributed by atoms with Gasteiger partial charge < -0.3 is 43.7 Å². The second-order valence-electron chi connectivity index (χ2n) is 12.2. The molecule has 12 heteroatoms. The molecule has 0 saturated carbocycles. The molecule has 3 heterocycles. The number of nitrogens with zero attached hydrogens (tertiary/aromatic N) is 1. The summed E-state index contributed by atoms with van der Waals surface area (Å²) in [6.07, 6.45) is -2.81. The summed E-state index contributed by atoms with van der Waals surface area (Å²) in [6, 6.07) is 4.56. The van der Waals surface area contributed by atoms with Gasteiger partial charge in [-0.15, -0.1) is 0 Å². The van der Waals surface area contributed by atoms with Crippen LogP contribution in [-0.2, 0) is 30.1 Å². The maximum atomic E-state index is 13.8. The minimum Gasteiger partial charge on any atom is -0.507 e. The lowest BCUT2D eigenvalue weighted by Gasteiger charge is -2.43. The summed E-state index contributed by atoms with van der Waals surface area (Å²) >= 11 is 0. The summed E-state index contributed by atoms with van der Waals surface area (Å²) in [5.41, 5.74) is -1.55. The molecule has 2 aliphatic carbocycles. The van der Waals surface area contributed by atoms with Gasteiger partial charge in [-0.1, -0.05) is 12.1 Å². The van der Waals surface area contributed by atoms with E-state index in [9.17, 15) is 24.9 Å². The van der Waals surface area contributed by atoms with E-state index < -0.39 is 47.4 Å². The van der Waals surface area contributed by atoms with E-state index >= 15 is 0 Å². The van der Waals surface area contributed by atoms with Crippen LogP contribution in [0.3, 0.4) is 0 Å². The van der Waals surface area contributed by atoms with Crippen molar-refractivity contribution >= 4 is 11.6 Å². The van der Waals surface area contributed by atoms with Crippen molar-refractivity contribution in [3.63, 3.8) is 0 Å². The van der Waals surface area contributed by atoms with Gasteiger partial charge in [-0.3, -0.25) is 14.5 Å². The van der Waals surface area contributed by atoms with Crippen molar-refractivity contribution in [2.24, 2.45) is 0 Å². The summed E-state index contributed by atoms with van der Waals surface area (Å²) in [6.45, 7) is 4.63. The van der Waals surface area contributed by atoms with E-state index in [2.05, 4.69) is 4.90 Å². The number of ketones is 2. The lowest BCUT2D eigenvalue weighted by atomic mass is 9.73. The third-order valence-electron chi connectivity index (χ3n) is 9.37. The van der Waals surface area contributed by atoms with E-state index in [0.29, 0.717) is 19.6 Å². The molecule has 1 unspecified atom stereocenters. The molecular formula is C31H35NO11. The quantitative estimate of drug-likeness (QED) is 0.378. The largest absolute Gasteiger partial charge is 0.507 e. The Balaban J connectivity index is 1.26. The number of phenolic OH excluding ortho intramolecular Hbond substituents is 2. The van der Waals surface area contributed by atoms with Gasteiger partial charge in [0, 0.05) is 55.6 Å². The van der Waals surface area contributed by atoms with Crippen LogP contribution in [0.15, 0.2) is 18.2 Å². The monoisotopic (exact) mass is 597 g/mol. The van der Waals surface area contributed by atoms with Gasteiger partial charge >= 0.3 is 0 Å². The Bertz CT molecular complexity index is 1510. The van der Waals surface area contributed by atoms with Gasteiger partial charge in [0.05, 0.1) is 48.2 Å². The molecule has 3 saturated heterocycles. The van der Waals surface area contributed by atoms with E-state index in [0.717, 1.165) is 0 Å². The highest BCUT2D eigenvalue weighted by atomic mass is 16.7. The van der Waals surface area contributed by atoms with Gasteiger partial charge in [-0.2, -0.15) is 0 Å². The first-order valence-electron chi connectivity index (χ1n) is 14.5. The second kappa shape index (κ2) is 10.2. The summed E-state index contributed by atoms with van der Waals surface area (Å²) in [5.74, 6) is -1.99. The fourth-order valence-corrected chi connectivity index (χ4v) is 7.51. The van der Waals surface area contributed by atoms with E-state index in [1.807, 2.05) is 6.92 Å². The Morgan fingerprint density at radius 3 is 2.56 bits per heavy atom. The van der Waals surface area contributed by atoms with Crippen molar-refractivity contribution in [1.82, 2.24) is 4.90 Å². The molecule has 230 valence electrons. The van der Waals surface area contributed by atoms with Gasteiger partial charge in [-0.05, 0) is 19.9 Å².